The second-order valence-electron chi connectivity index (χ2n) is 5.15. The first kappa shape index (κ1) is 15.7. The Morgan fingerprint density at radius 3 is 2.79 bits per heavy atom. The van der Waals surface area contributed by atoms with E-state index in [0.717, 1.165) is 5.75 Å². The summed E-state index contributed by atoms with van der Waals surface area (Å²) in [4.78, 5) is 14.5. The molecule has 0 aliphatic carbocycles. The summed E-state index contributed by atoms with van der Waals surface area (Å²) in [7, 11) is 0. The largest absolute Gasteiger partial charge is 0.487 e. The highest BCUT2D eigenvalue weighted by Gasteiger charge is 2.17. The molecule has 0 N–H and O–H groups in total. The fourth-order valence-corrected chi connectivity index (χ4v) is 2.27. The SMILES string of the molecule is Cc1ncc([N+](=O)[O-])n1CCn1cc(COc2ccccc2)nn1. The number of ether oxygens (including phenoxy) is 1. The van der Waals surface area contributed by atoms with Crippen LogP contribution in [0, 0.1) is 17.0 Å². The third-order valence-corrected chi connectivity index (χ3v) is 3.49. The molecule has 124 valence electrons. The van der Waals surface area contributed by atoms with Crippen molar-refractivity contribution in [3.63, 3.8) is 0 Å². The third-order valence-electron chi connectivity index (χ3n) is 3.49. The molecule has 9 nitrogen and oxygen atoms in total. The number of nitrogens with zero attached hydrogens (tertiary/aromatic N) is 6. The fraction of sp³-hybridized carbons (Fsp3) is 0.267. The van der Waals surface area contributed by atoms with Gasteiger partial charge in [-0.15, -0.1) is 5.10 Å². The highest BCUT2D eigenvalue weighted by atomic mass is 16.6. The van der Waals surface area contributed by atoms with Gasteiger partial charge in [0.25, 0.3) is 0 Å². The summed E-state index contributed by atoms with van der Waals surface area (Å²) < 4.78 is 8.78. The average Bonchev–Trinajstić information content (AvgIpc) is 3.18. The minimum absolute atomic E-state index is 0.0275. The number of benzene rings is 1. The molecule has 1 aromatic carbocycles. The highest BCUT2D eigenvalue weighted by molar-refractivity contribution is 5.21. The lowest BCUT2D eigenvalue weighted by Crippen LogP contribution is -2.11. The Morgan fingerprint density at radius 1 is 1.25 bits per heavy atom. The van der Waals surface area contributed by atoms with Crippen LogP contribution in [-0.4, -0.2) is 29.5 Å². The summed E-state index contributed by atoms with van der Waals surface area (Å²) >= 11 is 0. The van der Waals surface area contributed by atoms with E-state index in [1.165, 1.54) is 6.20 Å². The van der Waals surface area contributed by atoms with Crippen molar-refractivity contribution in [3.8, 4) is 5.75 Å². The van der Waals surface area contributed by atoms with E-state index in [4.69, 9.17) is 4.74 Å². The van der Waals surface area contributed by atoms with E-state index in [1.54, 1.807) is 22.4 Å². The van der Waals surface area contributed by atoms with Gasteiger partial charge >= 0.3 is 5.82 Å². The number of para-hydroxylation sites is 1. The maximum Gasteiger partial charge on any atom is 0.342 e. The van der Waals surface area contributed by atoms with Crippen LogP contribution in [0.4, 0.5) is 5.82 Å². The van der Waals surface area contributed by atoms with Crippen LogP contribution >= 0.6 is 0 Å². The summed E-state index contributed by atoms with van der Waals surface area (Å²) in [5, 5.41) is 19.0. The van der Waals surface area contributed by atoms with Gasteiger partial charge in [-0.05, 0) is 17.1 Å². The van der Waals surface area contributed by atoms with Crippen LogP contribution in [0.15, 0.2) is 42.7 Å². The molecule has 0 saturated carbocycles. The molecule has 0 bridgehead atoms. The molecule has 9 heteroatoms. The molecule has 3 aromatic rings. The summed E-state index contributed by atoms with van der Waals surface area (Å²) in [5.74, 6) is 1.33. The van der Waals surface area contributed by atoms with Crippen molar-refractivity contribution in [1.82, 2.24) is 24.5 Å². The van der Waals surface area contributed by atoms with Crippen LogP contribution in [0.2, 0.25) is 0 Å². The predicted octanol–water partition coefficient (Wildman–Crippen LogP) is 1.97. The van der Waals surface area contributed by atoms with E-state index in [2.05, 4.69) is 15.3 Å². The smallest absolute Gasteiger partial charge is 0.342 e. The molecule has 0 amide bonds. The maximum atomic E-state index is 11.0. The summed E-state index contributed by atoms with van der Waals surface area (Å²) in [5.41, 5.74) is 0.690. The van der Waals surface area contributed by atoms with Crippen molar-refractivity contribution >= 4 is 5.82 Å². The number of hydrogen-bond donors (Lipinski definition) is 0. The molecule has 2 heterocycles. The van der Waals surface area contributed by atoms with E-state index in [0.29, 0.717) is 31.2 Å². The van der Waals surface area contributed by atoms with Crippen molar-refractivity contribution in [1.29, 1.82) is 0 Å². The molecule has 0 fully saturated rings. The Labute approximate surface area is 137 Å². The normalized spacial score (nSPS) is 10.7. The molecule has 0 aliphatic rings. The lowest BCUT2D eigenvalue weighted by Gasteiger charge is -2.03. The van der Waals surface area contributed by atoms with Crippen LogP contribution in [0.1, 0.15) is 11.5 Å². The van der Waals surface area contributed by atoms with Crippen molar-refractivity contribution in [2.45, 2.75) is 26.6 Å². The van der Waals surface area contributed by atoms with E-state index < -0.39 is 4.92 Å². The third kappa shape index (κ3) is 3.57. The quantitative estimate of drug-likeness (QED) is 0.485. The van der Waals surface area contributed by atoms with Gasteiger partial charge in [-0.1, -0.05) is 23.4 Å². The van der Waals surface area contributed by atoms with Gasteiger partial charge in [-0.25, -0.2) is 14.2 Å². The predicted molar refractivity (Wildman–Crippen MR) is 84.4 cm³/mol. The van der Waals surface area contributed by atoms with Gasteiger partial charge in [0, 0.05) is 6.92 Å². The molecule has 3 rings (SSSR count). The number of hydrogen-bond acceptors (Lipinski definition) is 6. The van der Waals surface area contributed by atoms with Gasteiger partial charge in [-0.2, -0.15) is 0 Å². The van der Waals surface area contributed by atoms with Crippen LogP contribution < -0.4 is 4.74 Å². The van der Waals surface area contributed by atoms with Gasteiger partial charge in [0.15, 0.2) is 5.82 Å². The number of imidazole rings is 1. The van der Waals surface area contributed by atoms with Crippen LogP contribution in [0.25, 0.3) is 0 Å². The monoisotopic (exact) mass is 328 g/mol. The molecule has 0 unspecified atom stereocenters. The molecular weight excluding hydrogens is 312 g/mol. The number of aryl methyl sites for hydroxylation is 2. The summed E-state index contributed by atoms with van der Waals surface area (Å²) in [6, 6.07) is 9.44. The first-order valence-corrected chi connectivity index (χ1v) is 7.37. The Balaban J connectivity index is 1.59. The standard InChI is InChI=1S/C15H16N6O3/c1-12-16-9-15(21(22)23)20(12)8-7-19-10-13(17-18-19)11-24-14-5-3-2-4-6-14/h2-6,9-10H,7-8,11H2,1H3. The molecule has 0 radical (unpaired) electrons. The first-order valence-electron chi connectivity index (χ1n) is 7.37. The van der Waals surface area contributed by atoms with Gasteiger partial charge in [0.2, 0.25) is 0 Å². The molecule has 0 spiro atoms. The molecular formula is C15H16N6O3. The van der Waals surface area contributed by atoms with Gasteiger partial charge in [0.05, 0.1) is 12.7 Å². The Hall–Kier alpha value is -3.23. The van der Waals surface area contributed by atoms with Crippen LogP contribution in [0.3, 0.4) is 0 Å². The Morgan fingerprint density at radius 2 is 2.04 bits per heavy atom. The topological polar surface area (TPSA) is 101 Å². The van der Waals surface area contributed by atoms with Crippen molar-refractivity contribution in [2.75, 3.05) is 0 Å². The minimum Gasteiger partial charge on any atom is -0.487 e. The summed E-state index contributed by atoms with van der Waals surface area (Å²) in [6.07, 6.45) is 3.02. The van der Waals surface area contributed by atoms with E-state index >= 15 is 0 Å². The molecule has 0 saturated heterocycles. The average molecular weight is 328 g/mol. The zero-order valence-electron chi connectivity index (χ0n) is 13.1. The zero-order valence-corrected chi connectivity index (χ0v) is 13.1. The van der Waals surface area contributed by atoms with Crippen LogP contribution in [-0.2, 0) is 19.7 Å². The number of aromatic nitrogens is 5. The molecule has 0 atom stereocenters. The molecule has 24 heavy (non-hydrogen) atoms. The van der Waals surface area contributed by atoms with Gasteiger partial charge in [-0.3, -0.25) is 0 Å². The Kier molecular flexibility index (Phi) is 4.50. The van der Waals surface area contributed by atoms with Gasteiger partial charge < -0.3 is 14.9 Å². The molecule has 0 aliphatic heterocycles. The van der Waals surface area contributed by atoms with E-state index in [9.17, 15) is 10.1 Å². The molecule has 2 aromatic heterocycles. The Bertz CT molecular complexity index is 827. The van der Waals surface area contributed by atoms with E-state index in [-0.39, 0.29) is 5.82 Å². The second-order valence-corrected chi connectivity index (χ2v) is 5.15. The van der Waals surface area contributed by atoms with Crippen LogP contribution in [0.5, 0.6) is 5.75 Å². The van der Waals surface area contributed by atoms with Crippen molar-refractivity contribution < 1.29 is 9.66 Å². The second kappa shape index (κ2) is 6.90. The number of rotatable bonds is 7. The van der Waals surface area contributed by atoms with Crippen molar-refractivity contribution in [3.05, 3.63) is 64.4 Å². The highest BCUT2D eigenvalue weighted by Crippen LogP contribution is 2.14. The lowest BCUT2D eigenvalue weighted by molar-refractivity contribution is -0.392. The number of nitro groups is 1. The fourth-order valence-electron chi connectivity index (χ4n) is 2.27. The first-order chi connectivity index (χ1) is 11.6. The lowest BCUT2D eigenvalue weighted by atomic mass is 10.3. The van der Waals surface area contributed by atoms with E-state index in [1.807, 2.05) is 30.3 Å². The zero-order chi connectivity index (χ0) is 16.9. The minimum atomic E-state index is -0.444. The summed E-state index contributed by atoms with van der Waals surface area (Å²) in [6.45, 7) is 2.89. The maximum absolute atomic E-state index is 11.0. The van der Waals surface area contributed by atoms with Gasteiger partial charge in [0.1, 0.15) is 30.8 Å². The van der Waals surface area contributed by atoms with Crippen molar-refractivity contribution in [2.24, 2.45) is 0 Å².